The largest absolute Gasteiger partial charge is 0.350 e. The van der Waals surface area contributed by atoms with Gasteiger partial charge in [-0.05, 0) is 45.2 Å². The Balaban J connectivity index is 2.69. The Kier molecular flexibility index (Phi) is 4.99. The molecule has 0 radical (unpaired) electrons. The highest BCUT2D eigenvalue weighted by atomic mass is 16.2. The molecule has 0 saturated carbocycles. The average molecular weight is 240 g/mol. The third-order valence-corrected chi connectivity index (χ3v) is 4.66. The zero-order valence-electron chi connectivity index (χ0n) is 11.9. The molecule has 17 heavy (non-hydrogen) atoms. The van der Waals surface area contributed by atoms with Gasteiger partial charge >= 0.3 is 0 Å². The molecule has 2 N–H and O–H groups in total. The van der Waals surface area contributed by atoms with Gasteiger partial charge in [-0.15, -0.1) is 0 Å². The topological polar surface area (TPSA) is 41.1 Å². The molecule has 1 rings (SSSR count). The van der Waals surface area contributed by atoms with Gasteiger partial charge < -0.3 is 10.6 Å². The second-order valence-electron chi connectivity index (χ2n) is 5.61. The van der Waals surface area contributed by atoms with E-state index in [0.717, 1.165) is 45.2 Å². The molecule has 1 amide bonds. The van der Waals surface area contributed by atoms with Crippen LogP contribution < -0.4 is 10.6 Å². The van der Waals surface area contributed by atoms with E-state index in [0.29, 0.717) is 0 Å². The fourth-order valence-electron chi connectivity index (χ4n) is 2.61. The minimum absolute atomic E-state index is 0.00493. The predicted octanol–water partition coefficient (Wildman–Crippen LogP) is 2.46. The lowest BCUT2D eigenvalue weighted by Crippen LogP contribution is -2.54. The molecule has 1 fully saturated rings. The fourth-order valence-corrected chi connectivity index (χ4v) is 2.61. The van der Waals surface area contributed by atoms with Gasteiger partial charge in [-0.2, -0.15) is 0 Å². The number of piperidine rings is 1. The summed E-state index contributed by atoms with van der Waals surface area (Å²) in [6, 6.07) is 0. The monoisotopic (exact) mass is 240 g/mol. The Labute approximate surface area is 106 Å². The van der Waals surface area contributed by atoms with Crippen molar-refractivity contribution in [1.82, 2.24) is 10.6 Å². The van der Waals surface area contributed by atoms with Crippen LogP contribution in [0, 0.1) is 5.41 Å². The zero-order chi connectivity index (χ0) is 12.9. The molecule has 0 aliphatic carbocycles. The van der Waals surface area contributed by atoms with Crippen molar-refractivity contribution in [2.24, 2.45) is 5.41 Å². The van der Waals surface area contributed by atoms with E-state index in [1.807, 2.05) is 0 Å². The van der Waals surface area contributed by atoms with Gasteiger partial charge in [0.25, 0.3) is 0 Å². The van der Waals surface area contributed by atoms with E-state index in [9.17, 15) is 4.79 Å². The van der Waals surface area contributed by atoms with Crippen LogP contribution in [-0.4, -0.2) is 24.5 Å². The zero-order valence-corrected chi connectivity index (χ0v) is 11.9. The summed E-state index contributed by atoms with van der Waals surface area (Å²) < 4.78 is 0. The maximum atomic E-state index is 12.5. The molecule has 100 valence electrons. The van der Waals surface area contributed by atoms with Gasteiger partial charge in [-0.25, -0.2) is 0 Å². The molecule has 0 bridgehead atoms. The summed E-state index contributed by atoms with van der Waals surface area (Å²) in [5.41, 5.74) is -0.166. The molecule has 1 heterocycles. The highest BCUT2D eigenvalue weighted by Gasteiger charge is 2.38. The molecular weight excluding hydrogens is 212 g/mol. The summed E-state index contributed by atoms with van der Waals surface area (Å²) in [5, 5.41) is 6.64. The molecule has 0 atom stereocenters. The van der Waals surface area contributed by atoms with Crippen molar-refractivity contribution in [2.45, 2.75) is 65.3 Å². The summed E-state index contributed by atoms with van der Waals surface area (Å²) >= 11 is 0. The van der Waals surface area contributed by atoms with Crippen LogP contribution in [0.5, 0.6) is 0 Å². The number of hydrogen-bond acceptors (Lipinski definition) is 2. The standard InChI is InChI=1S/C14H28N2O/c1-5-14(6-2,7-3)16-12(17)13(4)8-10-15-11-9-13/h15H,5-11H2,1-4H3,(H,16,17). The van der Waals surface area contributed by atoms with Gasteiger partial charge in [-0.1, -0.05) is 27.7 Å². The van der Waals surface area contributed by atoms with Crippen LogP contribution in [0.2, 0.25) is 0 Å². The molecular formula is C14H28N2O. The summed E-state index contributed by atoms with van der Waals surface area (Å²) in [6.07, 6.45) is 4.94. The second-order valence-corrected chi connectivity index (χ2v) is 5.61. The van der Waals surface area contributed by atoms with Crippen LogP contribution in [0.3, 0.4) is 0 Å². The van der Waals surface area contributed by atoms with E-state index in [1.165, 1.54) is 0 Å². The molecule has 1 saturated heterocycles. The number of amides is 1. The second kappa shape index (κ2) is 5.85. The molecule has 1 aliphatic heterocycles. The number of rotatable bonds is 5. The third kappa shape index (κ3) is 3.21. The first-order valence-corrected chi connectivity index (χ1v) is 7.05. The lowest BCUT2D eigenvalue weighted by molar-refractivity contribution is -0.133. The SMILES string of the molecule is CCC(CC)(CC)NC(=O)C1(C)CCNCC1. The number of nitrogens with one attached hydrogen (secondary N) is 2. The van der Waals surface area contributed by atoms with Crippen molar-refractivity contribution in [3.63, 3.8) is 0 Å². The first kappa shape index (κ1) is 14.5. The van der Waals surface area contributed by atoms with Gasteiger partial charge in [0.15, 0.2) is 0 Å². The molecule has 0 spiro atoms. The van der Waals surface area contributed by atoms with Gasteiger partial charge in [-0.3, -0.25) is 4.79 Å². The summed E-state index contributed by atoms with van der Waals surface area (Å²) in [6.45, 7) is 10.5. The predicted molar refractivity (Wildman–Crippen MR) is 72.0 cm³/mol. The van der Waals surface area contributed by atoms with E-state index >= 15 is 0 Å². The van der Waals surface area contributed by atoms with Crippen molar-refractivity contribution in [3.8, 4) is 0 Å². The Morgan fingerprint density at radius 3 is 2.06 bits per heavy atom. The fraction of sp³-hybridized carbons (Fsp3) is 0.929. The Morgan fingerprint density at radius 1 is 1.18 bits per heavy atom. The van der Waals surface area contributed by atoms with Crippen molar-refractivity contribution >= 4 is 5.91 Å². The first-order chi connectivity index (χ1) is 8.02. The summed E-state index contributed by atoms with van der Waals surface area (Å²) in [7, 11) is 0. The van der Waals surface area contributed by atoms with Crippen LogP contribution in [0.4, 0.5) is 0 Å². The molecule has 0 unspecified atom stereocenters. The average Bonchev–Trinajstić information content (AvgIpc) is 2.37. The molecule has 1 aliphatic rings. The summed E-state index contributed by atoms with van der Waals surface area (Å²) in [4.78, 5) is 12.5. The van der Waals surface area contributed by atoms with Crippen molar-refractivity contribution < 1.29 is 4.79 Å². The van der Waals surface area contributed by atoms with Crippen LogP contribution in [0.15, 0.2) is 0 Å². The minimum atomic E-state index is -0.171. The maximum absolute atomic E-state index is 12.5. The van der Waals surface area contributed by atoms with Crippen molar-refractivity contribution in [1.29, 1.82) is 0 Å². The van der Waals surface area contributed by atoms with Crippen LogP contribution in [-0.2, 0) is 4.79 Å². The summed E-state index contributed by atoms with van der Waals surface area (Å²) in [5.74, 6) is 0.254. The van der Waals surface area contributed by atoms with Crippen LogP contribution in [0.25, 0.3) is 0 Å². The smallest absolute Gasteiger partial charge is 0.226 e. The van der Waals surface area contributed by atoms with Gasteiger partial charge in [0.2, 0.25) is 5.91 Å². The molecule has 3 nitrogen and oxygen atoms in total. The van der Waals surface area contributed by atoms with Crippen molar-refractivity contribution in [2.75, 3.05) is 13.1 Å². The normalized spacial score (nSPS) is 20.0. The lowest BCUT2D eigenvalue weighted by atomic mass is 9.78. The molecule has 0 aromatic rings. The Bertz CT molecular complexity index is 245. The number of carbonyl (C=O) groups is 1. The highest BCUT2D eigenvalue weighted by molar-refractivity contribution is 5.83. The van der Waals surface area contributed by atoms with Gasteiger partial charge in [0.1, 0.15) is 0 Å². The van der Waals surface area contributed by atoms with Crippen LogP contribution >= 0.6 is 0 Å². The van der Waals surface area contributed by atoms with E-state index < -0.39 is 0 Å². The van der Waals surface area contributed by atoms with Crippen LogP contribution in [0.1, 0.15) is 59.8 Å². The Morgan fingerprint density at radius 2 is 1.65 bits per heavy atom. The Hall–Kier alpha value is -0.570. The number of carbonyl (C=O) groups excluding carboxylic acids is 1. The lowest BCUT2D eigenvalue weighted by Gasteiger charge is -2.39. The minimum Gasteiger partial charge on any atom is -0.350 e. The maximum Gasteiger partial charge on any atom is 0.226 e. The van der Waals surface area contributed by atoms with Crippen molar-refractivity contribution in [3.05, 3.63) is 0 Å². The third-order valence-electron chi connectivity index (χ3n) is 4.66. The molecule has 0 aromatic heterocycles. The van der Waals surface area contributed by atoms with Gasteiger partial charge in [0.05, 0.1) is 0 Å². The van der Waals surface area contributed by atoms with E-state index in [1.54, 1.807) is 0 Å². The highest BCUT2D eigenvalue weighted by Crippen LogP contribution is 2.30. The van der Waals surface area contributed by atoms with E-state index in [2.05, 4.69) is 38.3 Å². The molecule has 0 aromatic carbocycles. The quantitative estimate of drug-likeness (QED) is 0.775. The number of hydrogen-bond donors (Lipinski definition) is 2. The van der Waals surface area contributed by atoms with E-state index in [-0.39, 0.29) is 16.9 Å². The van der Waals surface area contributed by atoms with Gasteiger partial charge in [0, 0.05) is 11.0 Å². The van der Waals surface area contributed by atoms with E-state index in [4.69, 9.17) is 0 Å². The first-order valence-electron chi connectivity index (χ1n) is 7.05. The molecule has 3 heteroatoms.